The maximum absolute atomic E-state index is 9.01. The van der Waals surface area contributed by atoms with E-state index >= 15 is 0 Å². The third-order valence-electron chi connectivity index (χ3n) is 2.55. The highest BCUT2D eigenvalue weighted by Gasteiger charge is 2.12. The Morgan fingerprint density at radius 1 is 1.24 bits per heavy atom. The van der Waals surface area contributed by atoms with Crippen molar-refractivity contribution in [2.75, 3.05) is 0 Å². The van der Waals surface area contributed by atoms with Crippen LogP contribution in [0.5, 0.6) is 0 Å². The summed E-state index contributed by atoms with van der Waals surface area (Å²) in [6, 6.07) is 7.39. The molecule has 2 aromatic rings. The van der Waals surface area contributed by atoms with Crippen LogP contribution in [-0.4, -0.2) is 9.78 Å². The van der Waals surface area contributed by atoms with Crippen molar-refractivity contribution in [3.63, 3.8) is 0 Å². The molecule has 0 spiro atoms. The van der Waals surface area contributed by atoms with Gasteiger partial charge < -0.3 is 0 Å². The van der Waals surface area contributed by atoms with E-state index in [1.54, 1.807) is 23.7 Å². The first-order chi connectivity index (χ1) is 8.04. The molecule has 0 aliphatic heterocycles. The minimum Gasteiger partial charge on any atom is -0.236 e. The smallest absolute Gasteiger partial charge is 0.103 e. The number of nitriles is 1. The van der Waals surface area contributed by atoms with Crippen LogP contribution in [0.4, 0.5) is 0 Å². The van der Waals surface area contributed by atoms with Gasteiger partial charge in [-0.15, -0.1) is 0 Å². The molecule has 0 aliphatic rings. The van der Waals surface area contributed by atoms with Gasteiger partial charge in [0.05, 0.1) is 32.7 Å². The molecule has 5 heteroatoms. The molecule has 0 fully saturated rings. The highest BCUT2D eigenvalue weighted by atomic mass is 35.5. The SMILES string of the molecule is Cc1nn(-c2ccc(Cl)c(Cl)c2)c(C)c1C#N. The zero-order valence-electron chi connectivity index (χ0n) is 9.33. The van der Waals surface area contributed by atoms with Crippen LogP contribution in [-0.2, 0) is 0 Å². The molecule has 0 atom stereocenters. The fourth-order valence-corrected chi connectivity index (χ4v) is 1.97. The standard InChI is InChI=1S/C12H9Cl2N3/c1-7-10(6-15)8(2)17(16-7)9-3-4-11(13)12(14)5-9/h3-5H,1-2H3. The minimum absolute atomic E-state index is 0.468. The zero-order chi connectivity index (χ0) is 12.6. The van der Waals surface area contributed by atoms with Crippen molar-refractivity contribution < 1.29 is 0 Å². The van der Waals surface area contributed by atoms with E-state index in [-0.39, 0.29) is 0 Å². The van der Waals surface area contributed by atoms with Gasteiger partial charge in [-0.2, -0.15) is 10.4 Å². The number of benzene rings is 1. The summed E-state index contributed by atoms with van der Waals surface area (Å²) in [5.74, 6) is 0. The van der Waals surface area contributed by atoms with Crippen LogP contribution in [0.15, 0.2) is 18.2 Å². The lowest BCUT2D eigenvalue weighted by Crippen LogP contribution is -1.99. The molecule has 1 aromatic carbocycles. The van der Waals surface area contributed by atoms with Gasteiger partial charge in [0.15, 0.2) is 0 Å². The average Bonchev–Trinajstić information content (AvgIpc) is 2.58. The summed E-state index contributed by atoms with van der Waals surface area (Å²) in [6.45, 7) is 3.65. The number of aromatic nitrogens is 2. The maximum Gasteiger partial charge on any atom is 0.103 e. The maximum atomic E-state index is 9.01. The van der Waals surface area contributed by atoms with Crippen molar-refractivity contribution in [1.29, 1.82) is 5.26 Å². The van der Waals surface area contributed by atoms with Gasteiger partial charge in [-0.3, -0.25) is 0 Å². The van der Waals surface area contributed by atoms with Crippen LogP contribution >= 0.6 is 23.2 Å². The number of aryl methyl sites for hydroxylation is 1. The molecule has 1 aromatic heterocycles. The van der Waals surface area contributed by atoms with Crippen LogP contribution in [0.3, 0.4) is 0 Å². The van der Waals surface area contributed by atoms with Gasteiger partial charge in [0.1, 0.15) is 6.07 Å². The Morgan fingerprint density at radius 2 is 1.94 bits per heavy atom. The van der Waals surface area contributed by atoms with Gasteiger partial charge >= 0.3 is 0 Å². The summed E-state index contributed by atoms with van der Waals surface area (Å²) >= 11 is 11.8. The molecular formula is C12H9Cl2N3. The fraction of sp³-hybridized carbons (Fsp3) is 0.167. The number of halogens is 2. The summed E-state index contributed by atoms with van der Waals surface area (Å²) in [5.41, 5.74) is 2.89. The summed E-state index contributed by atoms with van der Waals surface area (Å²) in [4.78, 5) is 0. The summed E-state index contributed by atoms with van der Waals surface area (Å²) in [6.07, 6.45) is 0. The van der Waals surface area contributed by atoms with Gasteiger partial charge in [-0.05, 0) is 32.0 Å². The Labute approximate surface area is 109 Å². The average molecular weight is 266 g/mol. The number of hydrogen-bond donors (Lipinski definition) is 0. The van der Waals surface area contributed by atoms with E-state index in [0.29, 0.717) is 21.3 Å². The Bertz CT molecular complexity index is 623. The third-order valence-corrected chi connectivity index (χ3v) is 3.29. The first kappa shape index (κ1) is 12.0. The quantitative estimate of drug-likeness (QED) is 0.790. The molecule has 0 aliphatic carbocycles. The molecule has 0 amide bonds. The van der Waals surface area contributed by atoms with Crippen LogP contribution in [0.25, 0.3) is 5.69 Å². The summed E-state index contributed by atoms with van der Waals surface area (Å²) < 4.78 is 1.69. The lowest BCUT2D eigenvalue weighted by atomic mass is 10.2. The molecule has 86 valence electrons. The molecule has 1 heterocycles. The lowest BCUT2D eigenvalue weighted by molar-refractivity contribution is 0.833. The topological polar surface area (TPSA) is 41.6 Å². The van der Waals surface area contributed by atoms with Crippen LogP contribution in [0, 0.1) is 25.2 Å². The van der Waals surface area contributed by atoms with Crippen LogP contribution in [0.2, 0.25) is 10.0 Å². The van der Waals surface area contributed by atoms with E-state index in [9.17, 15) is 0 Å². The molecule has 0 unspecified atom stereocenters. The minimum atomic E-state index is 0.468. The van der Waals surface area contributed by atoms with Crippen molar-refractivity contribution in [1.82, 2.24) is 9.78 Å². The molecule has 0 saturated carbocycles. The van der Waals surface area contributed by atoms with Crippen LogP contribution < -0.4 is 0 Å². The van der Waals surface area contributed by atoms with Crippen molar-refractivity contribution in [2.45, 2.75) is 13.8 Å². The van der Waals surface area contributed by atoms with Gasteiger partial charge in [-0.1, -0.05) is 23.2 Å². The third kappa shape index (κ3) is 2.02. The van der Waals surface area contributed by atoms with E-state index in [4.69, 9.17) is 28.5 Å². The van der Waals surface area contributed by atoms with Gasteiger partial charge in [0, 0.05) is 0 Å². The van der Waals surface area contributed by atoms with E-state index < -0.39 is 0 Å². The molecule has 17 heavy (non-hydrogen) atoms. The first-order valence-electron chi connectivity index (χ1n) is 4.96. The van der Waals surface area contributed by atoms with Crippen LogP contribution in [0.1, 0.15) is 17.0 Å². The number of rotatable bonds is 1. The normalized spacial score (nSPS) is 10.3. The molecule has 0 N–H and O–H groups in total. The molecule has 0 radical (unpaired) electrons. The summed E-state index contributed by atoms with van der Waals surface area (Å²) in [7, 11) is 0. The predicted octanol–water partition coefficient (Wildman–Crippen LogP) is 3.67. The van der Waals surface area contributed by atoms with E-state index in [1.165, 1.54) is 0 Å². The Morgan fingerprint density at radius 3 is 2.47 bits per heavy atom. The Balaban J connectivity index is 2.62. The second-order valence-electron chi connectivity index (χ2n) is 3.67. The fourth-order valence-electron chi connectivity index (χ4n) is 1.67. The second-order valence-corrected chi connectivity index (χ2v) is 4.48. The monoisotopic (exact) mass is 265 g/mol. The zero-order valence-corrected chi connectivity index (χ0v) is 10.8. The van der Waals surface area contributed by atoms with Crippen molar-refractivity contribution in [2.24, 2.45) is 0 Å². The first-order valence-corrected chi connectivity index (χ1v) is 5.72. The highest BCUT2D eigenvalue weighted by molar-refractivity contribution is 6.42. The molecule has 3 nitrogen and oxygen atoms in total. The molecular weight excluding hydrogens is 257 g/mol. The van der Waals surface area contributed by atoms with Gasteiger partial charge in [0.25, 0.3) is 0 Å². The van der Waals surface area contributed by atoms with Crippen molar-refractivity contribution in [3.05, 3.63) is 45.2 Å². The van der Waals surface area contributed by atoms with E-state index in [2.05, 4.69) is 11.2 Å². The molecule has 0 bridgehead atoms. The van der Waals surface area contributed by atoms with E-state index in [0.717, 1.165) is 11.4 Å². The van der Waals surface area contributed by atoms with Crippen molar-refractivity contribution in [3.8, 4) is 11.8 Å². The highest BCUT2D eigenvalue weighted by Crippen LogP contribution is 2.25. The largest absolute Gasteiger partial charge is 0.236 e. The number of hydrogen-bond acceptors (Lipinski definition) is 2. The Hall–Kier alpha value is -1.50. The van der Waals surface area contributed by atoms with Crippen molar-refractivity contribution >= 4 is 23.2 Å². The van der Waals surface area contributed by atoms with Gasteiger partial charge in [0.2, 0.25) is 0 Å². The predicted molar refractivity (Wildman–Crippen MR) is 67.8 cm³/mol. The second kappa shape index (κ2) is 4.40. The summed E-state index contributed by atoms with van der Waals surface area (Å²) in [5, 5.41) is 14.3. The number of nitrogens with zero attached hydrogens (tertiary/aromatic N) is 3. The Kier molecular flexibility index (Phi) is 3.10. The van der Waals surface area contributed by atoms with E-state index in [1.807, 2.05) is 13.0 Å². The van der Waals surface area contributed by atoms with Gasteiger partial charge in [-0.25, -0.2) is 4.68 Å². The lowest BCUT2D eigenvalue weighted by Gasteiger charge is -2.05. The molecule has 2 rings (SSSR count). The molecule has 0 saturated heterocycles.